The molecular weight excluding hydrogens is 523 g/mol. The van der Waals surface area contributed by atoms with Crippen molar-refractivity contribution in [3.63, 3.8) is 0 Å². The van der Waals surface area contributed by atoms with Gasteiger partial charge >= 0.3 is 5.97 Å². The van der Waals surface area contributed by atoms with Crippen LogP contribution in [0, 0.1) is 0 Å². The molecule has 1 aromatic carbocycles. The fourth-order valence-corrected chi connectivity index (χ4v) is 3.61. The molecular formula is C19H30BrIN4O2. The Labute approximate surface area is 187 Å². The van der Waals surface area contributed by atoms with E-state index in [1.54, 1.807) is 7.05 Å². The zero-order valence-corrected chi connectivity index (χ0v) is 20.0. The number of anilines is 1. The number of unbranched alkanes of at least 4 members (excludes halogenated alkanes) is 2. The van der Waals surface area contributed by atoms with Crippen LogP contribution in [-0.2, 0) is 9.53 Å². The summed E-state index contributed by atoms with van der Waals surface area (Å²) >= 11 is 3.63. The third-order valence-corrected chi connectivity index (χ3v) is 5.19. The number of nitrogens with zero attached hydrogens (tertiary/aromatic N) is 2. The second-order valence-corrected chi connectivity index (χ2v) is 7.27. The molecule has 0 amide bonds. The number of rotatable bonds is 8. The highest BCUT2D eigenvalue weighted by Gasteiger charge is 2.24. The van der Waals surface area contributed by atoms with E-state index in [1.165, 1.54) is 12.8 Å². The molecule has 0 aliphatic carbocycles. The Hall–Kier alpha value is -1.03. The summed E-state index contributed by atoms with van der Waals surface area (Å²) in [5.41, 5.74) is 1.24. The van der Waals surface area contributed by atoms with Crippen LogP contribution in [0.4, 0.5) is 5.69 Å². The van der Waals surface area contributed by atoms with Crippen molar-refractivity contribution in [3.8, 4) is 0 Å². The molecule has 2 rings (SSSR count). The van der Waals surface area contributed by atoms with Crippen LogP contribution >= 0.6 is 39.9 Å². The van der Waals surface area contributed by atoms with E-state index in [4.69, 9.17) is 0 Å². The lowest BCUT2D eigenvalue weighted by Crippen LogP contribution is -2.44. The van der Waals surface area contributed by atoms with Gasteiger partial charge in [-0.2, -0.15) is 0 Å². The third kappa shape index (κ3) is 8.25. The van der Waals surface area contributed by atoms with Crippen molar-refractivity contribution < 1.29 is 9.53 Å². The summed E-state index contributed by atoms with van der Waals surface area (Å²) in [6.45, 7) is 2.84. The summed E-state index contributed by atoms with van der Waals surface area (Å²) in [6.07, 6.45) is 4.45. The first kappa shape index (κ1) is 24.0. The molecule has 1 saturated heterocycles. The molecule has 152 valence electrons. The molecule has 27 heavy (non-hydrogen) atoms. The Balaban J connectivity index is 0.00000364. The van der Waals surface area contributed by atoms with Gasteiger partial charge in [-0.05, 0) is 47.3 Å². The van der Waals surface area contributed by atoms with Crippen molar-refractivity contribution >= 4 is 57.5 Å². The topological polar surface area (TPSA) is 66.0 Å². The average Bonchev–Trinajstić information content (AvgIpc) is 3.11. The van der Waals surface area contributed by atoms with Gasteiger partial charge in [-0.25, -0.2) is 0 Å². The maximum Gasteiger partial charge on any atom is 0.305 e. The number of benzene rings is 1. The minimum absolute atomic E-state index is 0. The Morgan fingerprint density at radius 1 is 1.33 bits per heavy atom. The first-order chi connectivity index (χ1) is 12.6. The lowest BCUT2D eigenvalue weighted by atomic mass is 10.2. The molecule has 6 nitrogen and oxygen atoms in total. The van der Waals surface area contributed by atoms with Crippen LogP contribution in [0.2, 0.25) is 0 Å². The van der Waals surface area contributed by atoms with E-state index in [-0.39, 0.29) is 29.9 Å². The van der Waals surface area contributed by atoms with Gasteiger partial charge in [-0.15, -0.1) is 24.0 Å². The van der Waals surface area contributed by atoms with Crippen LogP contribution < -0.4 is 15.5 Å². The summed E-state index contributed by atoms with van der Waals surface area (Å²) in [6, 6.07) is 8.72. The van der Waals surface area contributed by atoms with E-state index in [9.17, 15) is 4.79 Å². The van der Waals surface area contributed by atoms with Crippen molar-refractivity contribution in [2.24, 2.45) is 4.99 Å². The van der Waals surface area contributed by atoms with E-state index < -0.39 is 0 Å². The van der Waals surface area contributed by atoms with Gasteiger partial charge in [0, 0.05) is 43.6 Å². The lowest BCUT2D eigenvalue weighted by molar-refractivity contribution is -0.140. The molecule has 0 bridgehead atoms. The number of aliphatic imine (C=N–C) groups is 1. The molecule has 1 aliphatic rings. The summed E-state index contributed by atoms with van der Waals surface area (Å²) in [5, 5.41) is 6.87. The molecule has 0 aromatic heterocycles. The number of methoxy groups -OCH3 is 1. The van der Waals surface area contributed by atoms with E-state index in [0.717, 1.165) is 55.7 Å². The van der Waals surface area contributed by atoms with Crippen molar-refractivity contribution in [1.82, 2.24) is 10.6 Å². The number of esters is 1. The normalized spacial score (nSPS) is 16.6. The van der Waals surface area contributed by atoms with Crippen molar-refractivity contribution in [2.75, 3.05) is 38.7 Å². The second kappa shape index (κ2) is 13.2. The van der Waals surface area contributed by atoms with Gasteiger partial charge in [0.15, 0.2) is 5.96 Å². The number of hydrogen-bond acceptors (Lipinski definition) is 4. The zero-order valence-electron chi connectivity index (χ0n) is 16.0. The maximum absolute atomic E-state index is 11.1. The molecule has 1 heterocycles. The average molecular weight is 553 g/mol. The Bertz CT molecular complexity index is 615. The molecule has 1 unspecified atom stereocenters. The SMILES string of the molecule is CN=C(NCCCCCC(=O)OC)NC1CCN(c2ccccc2Br)C1.I. The maximum atomic E-state index is 11.1. The highest BCUT2D eigenvalue weighted by molar-refractivity contribution is 14.0. The van der Waals surface area contributed by atoms with Gasteiger partial charge in [0.2, 0.25) is 0 Å². The number of nitrogens with one attached hydrogen (secondary N) is 2. The molecule has 8 heteroatoms. The van der Waals surface area contributed by atoms with Crippen LogP contribution in [0.15, 0.2) is 33.7 Å². The standard InChI is InChI=1S/C19H29BrN4O2.HI/c1-21-19(22-12-7-3-4-10-18(25)26-2)23-15-11-13-24(14-15)17-9-6-5-8-16(17)20;/h5-6,8-9,15H,3-4,7,10-14H2,1-2H3,(H2,21,22,23);1H. The number of para-hydroxylation sites is 1. The van der Waals surface area contributed by atoms with Crippen molar-refractivity contribution in [2.45, 2.75) is 38.1 Å². The summed E-state index contributed by atoms with van der Waals surface area (Å²) in [5.74, 6) is 0.711. The molecule has 0 radical (unpaired) electrons. The summed E-state index contributed by atoms with van der Waals surface area (Å²) in [7, 11) is 3.23. The van der Waals surface area contributed by atoms with Crippen LogP contribution in [0.25, 0.3) is 0 Å². The molecule has 2 N–H and O–H groups in total. The zero-order chi connectivity index (χ0) is 18.8. The molecule has 1 aliphatic heterocycles. The highest BCUT2D eigenvalue weighted by atomic mass is 127. The number of guanidine groups is 1. The number of hydrogen-bond donors (Lipinski definition) is 2. The lowest BCUT2D eigenvalue weighted by Gasteiger charge is -2.21. The largest absolute Gasteiger partial charge is 0.469 e. The Morgan fingerprint density at radius 3 is 2.81 bits per heavy atom. The first-order valence-corrected chi connectivity index (χ1v) is 9.96. The number of ether oxygens (including phenoxy) is 1. The third-order valence-electron chi connectivity index (χ3n) is 4.52. The van der Waals surface area contributed by atoms with Gasteiger partial charge in [-0.3, -0.25) is 9.79 Å². The van der Waals surface area contributed by atoms with Gasteiger partial charge in [0.1, 0.15) is 0 Å². The fourth-order valence-electron chi connectivity index (χ4n) is 3.07. The second-order valence-electron chi connectivity index (χ2n) is 6.41. The minimum Gasteiger partial charge on any atom is -0.469 e. The number of carbonyl (C=O) groups is 1. The molecule has 0 saturated carbocycles. The summed E-state index contributed by atoms with van der Waals surface area (Å²) < 4.78 is 5.78. The molecule has 1 fully saturated rings. The van der Waals surface area contributed by atoms with Crippen LogP contribution in [0.5, 0.6) is 0 Å². The van der Waals surface area contributed by atoms with E-state index >= 15 is 0 Å². The smallest absolute Gasteiger partial charge is 0.305 e. The van der Waals surface area contributed by atoms with Gasteiger partial charge in [0.05, 0.1) is 12.8 Å². The predicted octanol–water partition coefficient (Wildman–Crippen LogP) is 3.54. The van der Waals surface area contributed by atoms with Crippen molar-refractivity contribution in [1.29, 1.82) is 0 Å². The minimum atomic E-state index is -0.133. The quantitative estimate of drug-likeness (QED) is 0.170. The molecule has 1 atom stereocenters. The number of carbonyl (C=O) groups excluding carboxylic acids is 1. The monoisotopic (exact) mass is 552 g/mol. The van der Waals surface area contributed by atoms with E-state index in [0.29, 0.717) is 12.5 Å². The van der Waals surface area contributed by atoms with Crippen LogP contribution in [0.3, 0.4) is 0 Å². The first-order valence-electron chi connectivity index (χ1n) is 9.17. The number of halogens is 2. The van der Waals surface area contributed by atoms with Crippen LogP contribution in [0.1, 0.15) is 32.1 Å². The van der Waals surface area contributed by atoms with E-state index in [1.807, 2.05) is 6.07 Å². The van der Waals surface area contributed by atoms with Crippen molar-refractivity contribution in [3.05, 3.63) is 28.7 Å². The van der Waals surface area contributed by atoms with Gasteiger partial charge in [-0.1, -0.05) is 18.6 Å². The predicted molar refractivity (Wildman–Crippen MR) is 125 cm³/mol. The Morgan fingerprint density at radius 2 is 2.11 bits per heavy atom. The van der Waals surface area contributed by atoms with Gasteiger partial charge in [0.25, 0.3) is 0 Å². The highest BCUT2D eigenvalue weighted by Crippen LogP contribution is 2.28. The Kier molecular flexibility index (Phi) is 11.7. The van der Waals surface area contributed by atoms with Crippen LogP contribution in [-0.4, -0.2) is 51.8 Å². The molecule has 0 spiro atoms. The van der Waals surface area contributed by atoms with Gasteiger partial charge < -0.3 is 20.3 Å². The molecule has 1 aromatic rings. The fraction of sp³-hybridized carbons (Fsp3) is 0.579. The van der Waals surface area contributed by atoms with E-state index in [2.05, 4.69) is 59.4 Å². The summed E-state index contributed by atoms with van der Waals surface area (Å²) in [4.78, 5) is 17.8.